The molecule has 0 spiro atoms. The average molecular weight is 520 g/mol. The number of rotatable bonds is 10. The van der Waals surface area contributed by atoms with Gasteiger partial charge in [-0.15, -0.1) is 0 Å². The van der Waals surface area contributed by atoms with Crippen molar-refractivity contribution in [2.24, 2.45) is 0 Å². The van der Waals surface area contributed by atoms with Crippen LogP contribution in [0.5, 0.6) is 0 Å². The van der Waals surface area contributed by atoms with E-state index in [-0.39, 0.29) is 17.3 Å². The highest BCUT2D eigenvalue weighted by atomic mass is 19.1. The molecule has 0 aliphatic heterocycles. The van der Waals surface area contributed by atoms with E-state index in [9.17, 15) is 9.59 Å². The Labute approximate surface area is 223 Å². The molecule has 0 atom stereocenters. The minimum atomic E-state index is -0.382. The number of halogens is 1. The standard InChI is InChI=1S/C25H24FN3O2.C6H14O/c1-3-4-11-27-24(30)16-8-10-21-19(14-16)22(17-9-7-15(2)13-20(17)26)23(29-21)18-6-5-12-28-25(18)31;1-3-5-7-6-4-2/h5-10,12-14,29H,3-4,11H2,1-2H3,(H,27,30)(H,28,31);3-6H2,1-2H3. The molecule has 202 valence electrons. The Balaban J connectivity index is 0.000000505. The zero-order chi connectivity index (χ0) is 27.5. The number of nitrogens with one attached hydrogen (secondary N) is 3. The maximum atomic E-state index is 15.0. The van der Waals surface area contributed by atoms with E-state index in [1.54, 1.807) is 42.6 Å². The fourth-order valence-corrected chi connectivity index (χ4v) is 4.13. The third-order valence-electron chi connectivity index (χ3n) is 6.06. The molecular weight excluding hydrogens is 481 g/mol. The third kappa shape index (κ3) is 7.19. The summed E-state index contributed by atoms with van der Waals surface area (Å²) in [6.07, 6.45) is 5.72. The van der Waals surface area contributed by atoms with E-state index in [2.05, 4.69) is 36.1 Å². The van der Waals surface area contributed by atoms with Gasteiger partial charge in [0.15, 0.2) is 0 Å². The highest BCUT2D eigenvalue weighted by Crippen LogP contribution is 2.39. The molecule has 0 bridgehead atoms. The summed E-state index contributed by atoms with van der Waals surface area (Å²) >= 11 is 0. The van der Waals surface area contributed by atoms with Crippen LogP contribution in [0.25, 0.3) is 33.3 Å². The number of fused-ring (bicyclic) bond motifs is 1. The van der Waals surface area contributed by atoms with Crippen LogP contribution in [0.3, 0.4) is 0 Å². The van der Waals surface area contributed by atoms with Gasteiger partial charge < -0.3 is 20.0 Å². The summed E-state index contributed by atoms with van der Waals surface area (Å²) in [5, 5.41) is 3.60. The first-order valence-corrected chi connectivity index (χ1v) is 13.4. The number of carbonyl (C=O) groups is 1. The number of pyridine rings is 1. The van der Waals surface area contributed by atoms with Gasteiger partial charge in [-0.2, -0.15) is 0 Å². The summed E-state index contributed by atoms with van der Waals surface area (Å²) < 4.78 is 20.2. The highest BCUT2D eigenvalue weighted by molar-refractivity contribution is 6.07. The van der Waals surface area contributed by atoms with Gasteiger partial charge in [0.1, 0.15) is 5.82 Å². The Kier molecular flexibility index (Phi) is 10.8. The van der Waals surface area contributed by atoms with Crippen LogP contribution in [-0.4, -0.2) is 35.6 Å². The van der Waals surface area contributed by atoms with Crippen LogP contribution in [0.1, 0.15) is 62.4 Å². The van der Waals surface area contributed by atoms with Crippen LogP contribution in [0.15, 0.2) is 59.5 Å². The van der Waals surface area contributed by atoms with Crippen molar-refractivity contribution in [2.45, 2.75) is 53.4 Å². The summed E-state index contributed by atoms with van der Waals surface area (Å²) in [4.78, 5) is 31.0. The van der Waals surface area contributed by atoms with Crippen molar-refractivity contribution >= 4 is 16.8 Å². The lowest BCUT2D eigenvalue weighted by atomic mass is 9.96. The van der Waals surface area contributed by atoms with Gasteiger partial charge in [-0.1, -0.05) is 39.3 Å². The van der Waals surface area contributed by atoms with Gasteiger partial charge in [0.2, 0.25) is 0 Å². The first-order chi connectivity index (χ1) is 18.4. The number of hydrogen-bond acceptors (Lipinski definition) is 3. The molecular formula is C31H38FN3O3. The van der Waals surface area contributed by atoms with Crippen molar-refractivity contribution < 1.29 is 13.9 Å². The molecule has 4 aromatic rings. The smallest absolute Gasteiger partial charge is 0.257 e. The van der Waals surface area contributed by atoms with Crippen molar-refractivity contribution in [3.05, 3.63) is 82.0 Å². The Morgan fingerprint density at radius 2 is 1.74 bits per heavy atom. The van der Waals surface area contributed by atoms with E-state index in [0.717, 1.165) is 50.0 Å². The Bertz CT molecular complexity index is 1400. The number of benzene rings is 2. The Hall–Kier alpha value is -3.71. The minimum Gasteiger partial charge on any atom is -0.381 e. The maximum absolute atomic E-state index is 15.0. The summed E-state index contributed by atoms with van der Waals surface area (Å²) in [6, 6.07) is 13.7. The summed E-state index contributed by atoms with van der Waals surface area (Å²) in [5.74, 6) is -0.557. The second-order valence-electron chi connectivity index (χ2n) is 9.25. The summed E-state index contributed by atoms with van der Waals surface area (Å²) in [6.45, 7) is 10.6. The van der Waals surface area contributed by atoms with Gasteiger partial charge >= 0.3 is 0 Å². The van der Waals surface area contributed by atoms with Gasteiger partial charge in [0, 0.05) is 53.5 Å². The lowest BCUT2D eigenvalue weighted by Crippen LogP contribution is -2.24. The number of hydrogen-bond donors (Lipinski definition) is 3. The van der Waals surface area contributed by atoms with Gasteiger partial charge in [0.25, 0.3) is 11.5 Å². The maximum Gasteiger partial charge on any atom is 0.257 e. The molecule has 0 radical (unpaired) electrons. The minimum absolute atomic E-state index is 0.175. The highest BCUT2D eigenvalue weighted by Gasteiger charge is 2.21. The van der Waals surface area contributed by atoms with Crippen molar-refractivity contribution in [1.29, 1.82) is 0 Å². The van der Waals surface area contributed by atoms with Gasteiger partial charge in [-0.3, -0.25) is 9.59 Å². The number of aromatic nitrogens is 2. The Morgan fingerprint density at radius 1 is 0.974 bits per heavy atom. The van der Waals surface area contributed by atoms with E-state index in [4.69, 9.17) is 4.74 Å². The number of aryl methyl sites for hydroxylation is 1. The van der Waals surface area contributed by atoms with Crippen LogP contribution in [-0.2, 0) is 4.74 Å². The number of ether oxygens (including phenoxy) is 1. The number of aromatic amines is 2. The van der Waals surface area contributed by atoms with Crippen molar-refractivity contribution in [1.82, 2.24) is 15.3 Å². The molecule has 6 nitrogen and oxygen atoms in total. The molecule has 2 aromatic heterocycles. The summed E-state index contributed by atoms with van der Waals surface area (Å²) in [7, 11) is 0. The zero-order valence-corrected chi connectivity index (χ0v) is 22.7. The number of H-pyrrole nitrogens is 2. The Morgan fingerprint density at radius 3 is 2.39 bits per heavy atom. The predicted octanol–water partition coefficient (Wildman–Crippen LogP) is 6.99. The van der Waals surface area contributed by atoms with E-state index < -0.39 is 0 Å². The fourth-order valence-electron chi connectivity index (χ4n) is 4.13. The first kappa shape index (κ1) is 28.9. The second-order valence-corrected chi connectivity index (χ2v) is 9.25. The molecule has 0 aliphatic carbocycles. The largest absolute Gasteiger partial charge is 0.381 e. The molecule has 0 saturated heterocycles. The zero-order valence-electron chi connectivity index (χ0n) is 22.7. The van der Waals surface area contributed by atoms with E-state index in [1.165, 1.54) is 6.07 Å². The van der Waals surface area contributed by atoms with Gasteiger partial charge in [0.05, 0.1) is 11.3 Å². The van der Waals surface area contributed by atoms with Crippen molar-refractivity contribution in [3.63, 3.8) is 0 Å². The first-order valence-electron chi connectivity index (χ1n) is 13.4. The quantitative estimate of drug-likeness (QED) is 0.197. The van der Waals surface area contributed by atoms with Crippen LogP contribution >= 0.6 is 0 Å². The van der Waals surface area contributed by atoms with Crippen LogP contribution in [0, 0.1) is 12.7 Å². The van der Waals surface area contributed by atoms with Crippen molar-refractivity contribution in [2.75, 3.05) is 19.8 Å². The monoisotopic (exact) mass is 519 g/mol. The molecule has 0 unspecified atom stereocenters. The van der Waals surface area contributed by atoms with Crippen molar-refractivity contribution in [3.8, 4) is 22.4 Å². The SMILES string of the molecule is CCCCNC(=O)c1ccc2[nH]c(-c3ccc[nH]c3=O)c(-c3ccc(C)cc3F)c2c1.CCCOCCC. The third-order valence-corrected chi connectivity index (χ3v) is 6.06. The molecule has 0 aliphatic rings. The lowest BCUT2D eigenvalue weighted by molar-refractivity contribution is 0.0953. The lowest BCUT2D eigenvalue weighted by Gasteiger charge is -2.08. The van der Waals surface area contributed by atoms with Crippen LogP contribution < -0.4 is 10.9 Å². The molecule has 1 amide bonds. The van der Waals surface area contributed by atoms with E-state index >= 15 is 4.39 Å². The van der Waals surface area contributed by atoms with Crippen LogP contribution in [0.2, 0.25) is 0 Å². The van der Waals surface area contributed by atoms with Gasteiger partial charge in [-0.05, 0) is 68.1 Å². The molecule has 0 saturated carbocycles. The second kappa shape index (κ2) is 14.3. The predicted molar refractivity (Wildman–Crippen MR) is 153 cm³/mol. The molecule has 7 heteroatoms. The molecule has 38 heavy (non-hydrogen) atoms. The molecule has 2 aromatic carbocycles. The van der Waals surface area contributed by atoms with E-state index in [1.807, 2.05) is 13.0 Å². The van der Waals surface area contributed by atoms with Crippen LogP contribution in [0.4, 0.5) is 4.39 Å². The average Bonchev–Trinajstić information content (AvgIpc) is 3.28. The fraction of sp³-hybridized carbons (Fsp3) is 0.355. The number of amides is 1. The van der Waals surface area contributed by atoms with E-state index in [0.29, 0.717) is 39.9 Å². The number of unbranched alkanes of at least 4 members (excludes halogenated alkanes) is 1. The normalized spacial score (nSPS) is 10.8. The molecule has 3 N–H and O–H groups in total. The molecule has 2 heterocycles. The number of carbonyl (C=O) groups excluding carboxylic acids is 1. The molecule has 4 rings (SSSR count). The van der Waals surface area contributed by atoms with Gasteiger partial charge in [-0.25, -0.2) is 4.39 Å². The molecule has 0 fully saturated rings. The summed E-state index contributed by atoms with van der Waals surface area (Å²) in [5.41, 5.74) is 3.59. The topological polar surface area (TPSA) is 87.0 Å².